The molecule has 174 valence electrons. The summed E-state index contributed by atoms with van der Waals surface area (Å²) in [5.41, 5.74) is 7.49. The van der Waals surface area contributed by atoms with Crippen molar-refractivity contribution >= 4 is 11.8 Å². The van der Waals surface area contributed by atoms with Crippen LogP contribution in [0.1, 0.15) is 63.6 Å². The van der Waals surface area contributed by atoms with Crippen molar-refractivity contribution in [1.82, 2.24) is 10.6 Å². The SMILES string of the molecule is CCCC(C)COc1ccc(C(CNC(=O)C(C)N)NC(=O)C(C)c2ccccc2)cc1. The highest BCUT2D eigenvalue weighted by Gasteiger charge is 2.21. The highest BCUT2D eigenvalue weighted by Crippen LogP contribution is 2.21. The lowest BCUT2D eigenvalue weighted by molar-refractivity contribution is -0.124. The summed E-state index contributed by atoms with van der Waals surface area (Å²) < 4.78 is 5.89. The molecule has 32 heavy (non-hydrogen) atoms. The smallest absolute Gasteiger partial charge is 0.236 e. The van der Waals surface area contributed by atoms with Gasteiger partial charge in [-0.05, 0) is 49.4 Å². The molecule has 4 unspecified atom stereocenters. The minimum Gasteiger partial charge on any atom is -0.493 e. The van der Waals surface area contributed by atoms with Gasteiger partial charge < -0.3 is 21.1 Å². The Kier molecular flexibility index (Phi) is 10.2. The molecule has 2 aromatic rings. The zero-order valence-corrected chi connectivity index (χ0v) is 19.6. The summed E-state index contributed by atoms with van der Waals surface area (Å²) in [5.74, 6) is 0.611. The number of benzene rings is 2. The number of amides is 2. The van der Waals surface area contributed by atoms with Crippen LogP contribution in [0, 0.1) is 5.92 Å². The maximum absolute atomic E-state index is 12.9. The molecule has 2 aromatic carbocycles. The van der Waals surface area contributed by atoms with E-state index >= 15 is 0 Å². The minimum atomic E-state index is -0.615. The summed E-state index contributed by atoms with van der Waals surface area (Å²) >= 11 is 0. The molecule has 0 saturated carbocycles. The fraction of sp³-hybridized carbons (Fsp3) is 0.462. The fourth-order valence-corrected chi connectivity index (χ4v) is 3.42. The molecule has 4 N–H and O–H groups in total. The maximum atomic E-state index is 12.9. The number of hydrogen-bond acceptors (Lipinski definition) is 4. The van der Waals surface area contributed by atoms with Crippen LogP contribution in [0.4, 0.5) is 0 Å². The summed E-state index contributed by atoms with van der Waals surface area (Å²) in [6, 6.07) is 16.3. The zero-order valence-electron chi connectivity index (χ0n) is 19.6. The Labute approximate surface area is 191 Å². The van der Waals surface area contributed by atoms with Crippen LogP contribution in [-0.2, 0) is 9.59 Å². The van der Waals surface area contributed by atoms with E-state index in [0.29, 0.717) is 12.5 Å². The van der Waals surface area contributed by atoms with Crippen molar-refractivity contribution in [3.63, 3.8) is 0 Å². The second-order valence-corrected chi connectivity index (χ2v) is 8.50. The average Bonchev–Trinajstić information content (AvgIpc) is 2.80. The Morgan fingerprint density at radius 2 is 1.59 bits per heavy atom. The topological polar surface area (TPSA) is 93.4 Å². The largest absolute Gasteiger partial charge is 0.493 e. The van der Waals surface area contributed by atoms with E-state index in [1.54, 1.807) is 6.92 Å². The summed E-state index contributed by atoms with van der Waals surface area (Å²) in [6.45, 7) is 8.78. The van der Waals surface area contributed by atoms with E-state index in [9.17, 15) is 9.59 Å². The highest BCUT2D eigenvalue weighted by atomic mass is 16.5. The van der Waals surface area contributed by atoms with E-state index in [1.807, 2.05) is 61.5 Å². The van der Waals surface area contributed by atoms with Crippen LogP contribution in [0.5, 0.6) is 5.75 Å². The third-order valence-electron chi connectivity index (χ3n) is 5.50. The fourth-order valence-electron chi connectivity index (χ4n) is 3.42. The van der Waals surface area contributed by atoms with Gasteiger partial charge in [-0.25, -0.2) is 0 Å². The Hall–Kier alpha value is -2.86. The van der Waals surface area contributed by atoms with Crippen LogP contribution in [0.15, 0.2) is 54.6 Å². The predicted molar refractivity (Wildman–Crippen MR) is 128 cm³/mol. The van der Waals surface area contributed by atoms with Crippen LogP contribution in [0.25, 0.3) is 0 Å². The molecule has 0 heterocycles. The van der Waals surface area contributed by atoms with Crippen LogP contribution in [-0.4, -0.2) is 31.0 Å². The van der Waals surface area contributed by atoms with Crippen LogP contribution >= 0.6 is 0 Å². The van der Waals surface area contributed by atoms with Crippen LogP contribution in [0.3, 0.4) is 0 Å². The van der Waals surface area contributed by atoms with Gasteiger partial charge >= 0.3 is 0 Å². The van der Waals surface area contributed by atoms with Crippen molar-refractivity contribution in [2.24, 2.45) is 11.7 Å². The molecular weight excluding hydrogens is 402 g/mol. The van der Waals surface area contributed by atoms with Crippen LogP contribution in [0.2, 0.25) is 0 Å². The Balaban J connectivity index is 2.10. The van der Waals surface area contributed by atoms with Gasteiger partial charge in [-0.2, -0.15) is 0 Å². The Morgan fingerprint density at radius 3 is 2.19 bits per heavy atom. The van der Waals surface area contributed by atoms with Gasteiger partial charge in [0, 0.05) is 6.54 Å². The first-order chi connectivity index (χ1) is 15.3. The van der Waals surface area contributed by atoms with Gasteiger partial charge in [-0.15, -0.1) is 0 Å². The van der Waals surface area contributed by atoms with Gasteiger partial charge in [-0.1, -0.05) is 62.7 Å². The lowest BCUT2D eigenvalue weighted by Crippen LogP contribution is -2.44. The maximum Gasteiger partial charge on any atom is 0.236 e. The molecule has 4 atom stereocenters. The predicted octanol–water partition coefficient (Wildman–Crippen LogP) is 3.93. The number of ether oxygens (including phenoxy) is 1. The number of carbonyl (C=O) groups is 2. The Bertz CT molecular complexity index is 837. The molecule has 0 spiro atoms. The van der Waals surface area contributed by atoms with Gasteiger partial charge in [0.15, 0.2) is 0 Å². The van der Waals surface area contributed by atoms with Crippen LogP contribution < -0.4 is 21.1 Å². The van der Waals surface area contributed by atoms with Crippen molar-refractivity contribution in [3.05, 3.63) is 65.7 Å². The van der Waals surface area contributed by atoms with E-state index in [4.69, 9.17) is 10.5 Å². The highest BCUT2D eigenvalue weighted by molar-refractivity contribution is 5.84. The van der Waals surface area contributed by atoms with Gasteiger partial charge in [-0.3, -0.25) is 9.59 Å². The minimum absolute atomic E-state index is 0.107. The number of rotatable bonds is 12. The van der Waals surface area contributed by atoms with E-state index in [2.05, 4.69) is 24.5 Å². The monoisotopic (exact) mass is 439 g/mol. The molecule has 0 saturated heterocycles. The number of nitrogens with two attached hydrogens (primary N) is 1. The third-order valence-corrected chi connectivity index (χ3v) is 5.50. The zero-order chi connectivity index (χ0) is 23.5. The number of hydrogen-bond donors (Lipinski definition) is 3. The van der Waals surface area contributed by atoms with Crippen molar-refractivity contribution in [1.29, 1.82) is 0 Å². The molecule has 6 nitrogen and oxygen atoms in total. The summed E-state index contributed by atoms with van der Waals surface area (Å²) in [6.07, 6.45) is 2.27. The molecule has 0 bridgehead atoms. The Morgan fingerprint density at radius 1 is 0.938 bits per heavy atom. The van der Waals surface area contributed by atoms with E-state index in [1.165, 1.54) is 0 Å². The van der Waals surface area contributed by atoms with Crippen molar-refractivity contribution in [3.8, 4) is 5.75 Å². The summed E-state index contributed by atoms with van der Waals surface area (Å²) in [7, 11) is 0. The van der Waals surface area contributed by atoms with Gasteiger partial charge in [0.05, 0.1) is 24.6 Å². The lowest BCUT2D eigenvalue weighted by atomic mass is 9.99. The number of nitrogens with one attached hydrogen (secondary N) is 2. The van der Waals surface area contributed by atoms with E-state index in [0.717, 1.165) is 29.7 Å². The summed E-state index contributed by atoms with van der Waals surface area (Å²) in [4.78, 5) is 24.9. The van der Waals surface area contributed by atoms with Crippen molar-refractivity contribution < 1.29 is 14.3 Å². The molecular formula is C26H37N3O3. The normalized spacial score (nSPS) is 14.7. The van der Waals surface area contributed by atoms with Crippen molar-refractivity contribution in [2.45, 2.75) is 58.5 Å². The second-order valence-electron chi connectivity index (χ2n) is 8.50. The molecule has 0 aliphatic heterocycles. The summed E-state index contributed by atoms with van der Waals surface area (Å²) in [5, 5.41) is 5.90. The lowest BCUT2D eigenvalue weighted by Gasteiger charge is -2.23. The average molecular weight is 440 g/mol. The first-order valence-corrected chi connectivity index (χ1v) is 11.4. The van der Waals surface area contributed by atoms with Gasteiger partial charge in [0.25, 0.3) is 0 Å². The number of carbonyl (C=O) groups excluding carboxylic acids is 2. The molecule has 2 rings (SSSR count). The second kappa shape index (κ2) is 12.9. The molecule has 2 amide bonds. The molecule has 0 aliphatic carbocycles. The standard InChI is InChI=1S/C26H37N3O3/c1-5-9-18(2)17-32-23-14-12-22(13-15-23)24(16-28-26(31)20(4)27)29-25(30)19(3)21-10-7-6-8-11-21/h6-8,10-15,18-20,24H,5,9,16-17,27H2,1-4H3,(H,28,31)(H,29,30). The first kappa shape index (κ1) is 25.4. The molecule has 6 heteroatoms. The molecule has 0 radical (unpaired) electrons. The van der Waals surface area contributed by atoms with E-state index in [-0.39, 0.29) is 30.3 Å². The van der Waals surface area contributed by atoms with Crippen molar-refractivity contribution in [2.75, 3.05) is 13.2 Å². The van der Waals surface area contributed by atoms with Gasteiger partial charge in [0.2, 0.25) is 11.8 Å². The quantitative estimate of drug-likeness (QED) is 0.467. The molecule has 0 fully saturated rings. The van der Waals surface area contributed by atoms with Gasteiger partial charge in [0.1, 0.15) is 5.75 Å². The molecule has 0 aromatic heterocycles. The molecule has 0 aliphatic rings. The van der Waals surface area contributed by atoms with E-state index < -0.39 is 6.04 Å². The first-order valence-electron chi connectivity index (χ1n) is 11.4. The third kappa shape index (κ3) is 8.00.